The van der Waals surface area contributed by atoms with Gasteiger partial charge in [-0.3, -0.25) is 0 Å². The lowest BCUT2D eigenvalue weighted by molar-refractivity contribution is 0.0327. The van der Waals surface area contributed by atoms with Crippen LogP contribution >= 0.6 is 15.9 Å². The van der Waals surface area contributed by atoms with E-state index in [1.807, 2.05) is 18.2 Å². The van der Waals surface area contributed by atoms with Crippen molar-refractivity contribution in [3.63, 3.8) is 0 Å². The fourth-order valence-corrected chi connectivity index (χ4v) is 5.31. The van der Waals surface area contributed by atoms with E-state index in [-0.39, 0.29) is 6.10 Å². The van der Waals surface area contributed by atoms with Gasteiger partial charge in [-0.1, -0.05) is 89.1 Å². The minimum atomic E-state index is -0.602. The van der Waals surface area contributed by atoms with Gasteiger partial charge in [-0.2, -0.15) is 0 Å². The zero-order chi connectivity index (χ0) is 24.2. The highest BCUT2D eigenvalue weighted by Crippen LogP contribution is 2.33. The lowest BCUT2D eigenvalue weighted by Crippen LogP contribution is -2.26. The summed E-state index contributed by atoms with van der Waals surface area (Å²) in [6.07, 6.45) is 15.1. The Kier molecular flexibility index (Phi) is 11.5. The number of hydrogen-bond donors (Lipinski definition) is 0. The number of carbonyl (C=O) groups excluding carboxylic acids is 1. The Labute approximate surface area is 214 Å². The van der Waals surface area contributed by atoms with Crippen molar-refractivity contribution in [1.82, 2.24) is 0 Å². The van der Waals surface area contributed by atoms with Crippen molar-refractivity contribution in [1.29, 1.82) is 0 Å². The van der Waals surface area contributed by atoms with Gasteiger partial charge in [0.2, 0.25) is 0 Å². The number of carbonyl (C=O) groups is 1. The number of ether oxygens (including phenoxy) is 2. The van der Waals surface area contributed by atoms with Gasteiger partial charge >= 0.3 is 6.16 Å². The van der Waals surface area contributed by atoms with Crippen LogP contribution in [-0.4, -0.2) is 12.3 Å². The van der Waals surface area contributed by atoms with Crippen LogP contribution in [0.5, 0.6) is 5.75 Å². The molecule has 3 nitrogen and oxygen atoms in total. The first-order valence-electron chi connectivity index (χ1n) is 13.4. The van der Waals surface area contributed by atoms with E-state index < -0.39 is 6.16 Å². The van der Waals surface area contributed by atoms with Crippen molar-refractivity contribution in [2.24, 2.45) is 5.92 Å². The average Bonchev–Trinajstić information content (AvgIpc) is 2.85. The van der Waals surface area contributed by atoms with E-state index in [1.165, 1.54) is 56.9 Å². The largest absolute Gasteiger partial charge is 0.514 e. The van der Waals surface area contributed by atoms with Crippen molar-refractivity contribution < 1.29 is 14.3 Å². The average molecular weight is 530 g/mol. The molecule has 0 unspecified atom stereocenters. The van der Waals surface area contributed by atoms with Gasteiger partial charge in [-0.25, -0.2) is 4.79 Å². The third-order valence-electron chi connectivity index (χ3n) is 7.00. The van der Waals surface area contributed by atoms with Crippen molar-refractivity contribution >= 4 is 22.1 Å². The van der Waals surface area contributed by atoms with Crippen LogP contribution in [0.1, 0.15) is 96.5 Å². The number of rotatable bonds is 12. The summed E-state index contributed by atoms with van der Waals surface area (Å²) in [5.41, 5.74) is 3.63. The molecule has 2 aromatic carbocycles. The first kappa shape index (κ1) is 26.8. The first-order valence-corrected chi connectivity index (χ1v) is 14.2. The van der Waals surface area contributed by atoms with E-state index in [9.17, 15) is 4.79 Å². The van der Waals surface area contributed by atoms with Crippen molar-refractivity contribution in [3.8, 4) is 16.9 Å². The zero-order valence-corrected chi connectivity index (χ0v) is 22.6. The fourth-order valence-electron chi connectivity index (χ4n) is 4.85. The molecule has 186 valence electrons. The van der Waals surface area contributed by atoms with Crippen LogP contribution in [0.4, 0.5) is 4.79 Å². The van der Waals surface area contributed by atoms with Gasteiger partial charge < -0.3 is 9.47 Å². The molecule has 2 aromatic rings. The van der Waals surface area contributed by atoms with E-state index in [0.29, 0.717) is 5.75 Å². The maximum absolute atomic E-state index is 12.4. The van der Waals surface area contributed by atoms with E-state index in [1.54, 1.807) is 0 Å². The Morgan fingerprint density at radius 3 is 2.21 bits per heavy atom. The molecule has 0 N–H and O–H groups in total. The molecule has 1 saturated carbocycles. The predicted molar refractivity (Wildman–Crippen MR) is 144 cm³/mol. The second-order valence-electron chi connectivity index (χ2n) is 9.76. The third kappa shape index (κ3) is 8.76. The van der Waals surface area contributed by atoms with Crippen LogP contribution in [0.2, 0.25) is 0 Å². The van der Waals surface area contributed by atoms with Gasteiger partial charge in [-0.15, -0.1) is 0 Å². The number of halogens is 1. The zero-order valence-electron chi connectivity index (χ0n) is 21.0. The Morgan fingerprint density at radius 1 is 0.853 bits per heavy atom. The topological polar surface area (TPSA) is 35.5 Å². The van der Waals surface area contributed by atoms with Crippen LogP contribution in [0.25, 0.3) is 11.1 Å². The van der Waals surface area contributed by atoms with Crippen molar-refractivity contribution in [2.45, 2.75) is 103 Å². The molecule has 1 aliphatic rings. The summed E-state index contributed by atoms with van der Waals surface area (Å²) in [5.74, 6) is 1.29. The van der Waals surface area contributed by atoms with Gasteiger partial charge in [0, 0.05) is 0 Å². The minimum absolute atomic E-state index is 0.0199. The maximum Gasteiger partial charge on any atom is 0.514 e. The molecule has 0 heterocycles. The molecule has 0 atom stereocenters. The Balaban J connectivity index is 1.46. The van der Waals surface area contributed by atoms with Gasteiger partial charge in [0.15, 0.2) is 0 Å². The lowest BCUT2D eigenvalue weighted by atomic mass is 9.84. The van der Waals surface area contributed by atoms with Crippen molar-refractivity contribution in [3.05, 3.63) is 52.5 Å². The number of benzene rings is 2. The maximum atomic E-state index is 12.4. The molecule has 0 amide bonds. The molecule has 4 heteroatoms. The quantitative estimate of drug-likeness (QED) is 0.156. The molecule has 1 fully saturated rings. The second-order valence-corrected chi connectivity index (χ2v) is 10.6. The summed E-state index contributed by atoms with van der Waals surface area (Å²) >= 11 is 3.57. The molecule has 0 radical (unpaired) electrons. The lowest BCUT2D eigenvalue weighted by Gasteiger charge is -2.28. The molecule has 3 rings (SSSR count). The van der Waals surface area contributed by atoms with Crippen LogP contribution in [0.15, 0.2) is 46.9 Å². The molecular formula is C30H41BrO3. The van der Waals surface area contributed by atoms with Gasteiger partial charge in [-0.05, 0) is 89.2 Å². The van der Waals surface area contributed by atoms with Gasteiger partial charge in [0.05, 0.1) is 4.47 Å². The smallest absolute Gasteiger partial charge is 0.431 e. The van der Waals surface area contributed by atoms with Crippen LogP contribution in [0, 0.1) is 5.92 Å². The highest BCUT2D eigenvalue weighted by molar-refractivity contribution is 9.10. The highest BCUT2D eigenvalue weighted by Gasteiger charge is 2.24. The third-order valence-corrected chi connectivity index (χ3v) is 7.62. The molecule has 0 spiro atoms. The molecule has 34 heavy (non-hydrogen) atoms. The fraction of sp³-hybridized carbons (Fsp3) is 0.567. The van der Waals surface area contributed by atoms with Crippen LogP contribution < -0.4 is 4.74 Å². The van der Waals surface area contributed by atoms with E-state index in [2.05, 4.69) is 54.0 Å². The second kappa shape index (κ2) is 14.6. The van der Waals surface area contributed by atoms with E-state index in [0.717, 1.165) is 53.6 Å². The van der Waals surface area contributed by atoms with Crippen molar-refractivity contribution in [2.75, 3.05) is 0 Å². The summed E-state index contributed by atoms with van der Waals surface area (Å²) in [6.45, 7) is 4.49. The van der Waals surface area contributed by atoms with Crippen LogP contribution in [0.3, 0.4) is 0 Å². The normalized spacial score (nSPS) is 18.0. The van der Waals surface area contributed by atoms with Gasteiger partial charge in [0.1, 0.15) is 11.9 Å². The number of unbranched alkanes of at least 4 members (excludes halogenated alkanes) is 5. The molecule has 1 aliphatic carbocycles. The summed E-state index contributed by atoms with van der Waals surface area (Å²) in [6, 6.07) is 14.6. The predicted octanol–water partition coefficient (Wildman–Crippen LogP) is 9.89. The molecule has 0 saturated heterocycles. The SMILES string of the molecule is CCCCCCc1ccc(-c2ccc(OC(=O)O[C@H]3CC[C@H](CCCCC)CC3)c(Br)c2)cc1. The Morgan fingerprint density at radius 2 is 1.53 bits per heavy atom. The molecule has 0 aromatic heterocycles. The molecule has 0 aliphatic heterocycles. The first-order chi connectivity index (χ1) is 16.6. The highest BCUT2D eigenvalue weighted by atomic mass is 79.9. The molecule has 0 bridgehead atoms. The van der Waals surface area contributed by atoms with E-state index >= 15 is 0 Å². The minimum Gasteiger partial charge on any atom is -0.431 e. The van der Waals surface area contributed by atoms with Gasteiger partial charge in [0.25, 0.3) is 0 Å². The Hall–Kier alpha value is -1.81. The number of aryl methyl sites for hydroxylation is 1. The molecular weight excluding hydrogens is 488 g/mol. The van der Waals surface area contributed by atoms with E-state index in [4.69, 9.17) is 9.47 Å². The summed E-state index contributed by atoms with van der Waals surface area (Å²) in [5, 5.41) is 0. The number of hydrogen-bond acceptors (Lipinski definition) is 3. The summed E-state index contributed by atoms with van der Waals surface area (Å²) in [4.78, 5) is 12.4. The summed E-state index contributed by atoms with van der Waals surface area (Å²) in [7, 11) is 0. The summed E-state index contributed by atoms with van der Waals surface area (Å²) < 4.78 is 11.9. The Bertz CT molecular complexity index is 869. The standard InChI is InChI=1S/C30H41BrO3/c1-3-5-7-9-11-23-12-16-25(17-13-23)26-18-21-29(28(31)22-26)34-30(32)33-27-19-14-24(15-20-27)10-8-6-4-2/h12-13,16-18,21-22,24,27H,3-11,14-15,19-20H2,1-2H3/t24-,27-. The van der Waals surface area contributed by atoms with Crippen LogP contribution in [-0.2, 0) is 11.2 Å². The monoisotopic (exact) mass is 528 g/mol.